The van der Waals surface area contributed by atoms with E-state index in [-0.39, 0.29) is 18.5 Å². The van der Waals surface area contributed by atoms with E-state index < -0.39 is 0 Å². The van der Waals surface area contributed by atoms with Crippen molar-refractivity contribution in [3.63, 3.8) is 0 Å². The highest BCUT2D eigenvalue weighted by molar-refractivity contribution is 5.77. The van der Waals surface area contributed by atoms with Crippen LogP contribution in [0.5, 0.6) is 0 Å². The molecule has 0 aromatic carbocycles. The quantitative estimate of drug-likeness (QED) is 0.214. The fourth-order valence-electron chi connectivity index (χ4n) is 1.99. The number of nitrogens with one attached hydrogen (secondary N) is 4. The number of carbonyl (C=O) groups is 2. The summed E-state index contributed by atoms with van der Waals surface area (Å²) in [5.41, 5.74) is 5.68. The van der Waals surface area contributed by atoms with E-state index in [0.717, 1.165) is 32.1 Å². The molecule has 0 fully saturated rings. The number of hydrazine groups is 1. The van der Waals surface area contributed by atoms with Gasteiger partial charge in [-0.1, -0.05) is 26.7 Å². The predicted molar refractivity (Wildman–Crippen MR) is 85.8 cm³/mol. The van der Waals surface area contributed by atoms with Gasteiger partial charge in [0.1, 0.15) is 6.29 Å². The fraction of sp³-hybridized carbons (Fsp3) is 0.867. The summed E-state index contributed by atoms with van der Waals surface area (Å²) in [6.45, 7) is 6.06. The maximum Gasteiger partial charge on any atom is 0.235 e. The van der Waals surface area contributed by atoms with Gasteiger partial charge >= 0.3 is 0 Å². The SMILES string of the molecule is CNCCCCCCNC(=O)CNN[C@H](C=O)CC(C)C. The van der Waals surface area contributed by atoms with Crippen molar-refractivity contribution in [1.29, 1.82) is 0 Å². The van der Waals surface area contributed by atoms with Crippen LogP contribution in [0.1, 0.15) is 46.0 Å². The van der Waals surface area contributed by atoms with Crippen LogP contribution in [0.15, 0.2) is 0 Å². The van der Waals surface area contributed by atoms with E-state index in [1.165, 1.54) is 12.8 Å². The molecule has 6 nitrogen and oxygen atoms in total. The molecule has 0 rings (SSSR count). The van der Waals surface area contributed by atoms with Gasteiger partial charge in [-0.25, -0.2) is 10.9 Å². The molecule has 124 valence electrons. The van der Waals surface area contributed by atoms with Crippen LogP contribution >= 0.6 is 0 Å². The number of rotatable bonds is 14. The average Bonchev–Trinajstić information content (AvgIpc) is 2.44. The molecule has 0 saturated carbocycles. The highest BCUT2D eigenvalue weighted by Gasteiger charge is 2.09. The Bertz CT molecular complexity index is 272. The van der Waals surface area contributed by atoms with Crippen molar-refractivity contribution in [3.8, 4) is 0 Å². The second-order valence-electron chi connectivity index (χ2n) is 5.74. The molecule has 21 heavy (non-hydrogen) atoms. The van der Waals surface area contributed by atoms with Gasteiger partial charge in [-0.05, 0) is 38.8 Å². The number of unbranched alkanes of at least 4 members (excludes halogenated alkanes) is 3. The largest absolute Gasteiger partial charge is 0.355 e. The van der Waals surface area contributed by atoms with Crippen molar-refractivity contribution < 1.29 is 9.59 Å². The van der Waals surface area contributed by atoms with Crippen LogP contribution < -0.4 is 21.5 Å². The van der Waals surface area contributed by atoms with Crippen molar-refractivity contribution in [2.24, 2.45) is 5.92 Å². The van der Waals surface area contributed by atoms with E-state index in [2.05, 4.69) is 35.3 Å². The van der Waals surface area contributed by atoms with Crippen LogP contribution in [0.2, 0.25) is 0 Å². The Morgan fingerprint density at radius 1 is 1.10 bits per heavy atom. The van der Waals surface area contributed by atoms with Crippen molar-refractivity contribution in [2.45, 2.75) is 52.0 Å². The molecule has 0 radical (unpaired) electrons. The van der Waals surface area contributed by atoms with Gasteiger partial charge in [0.05, 0.1) is 12.6 Å². The van der Waals surface area contributed by atoms with Crippen molar-refractivity contribution in [1.82, 2.24) is 21.5 Å². The number of hydrogen-bond acceptors (Lipinski definition) is 5. The van der Waals surface area contributed by atoms with Gasteiger partial charge in [0.2, 0.25) is 5.91 Å². The number of aldehydes is 1. The molecule has 0 aliphatic carbocycles. The molecular formula is C15H32N4O2. The average molecular weight is 300 g/mol. The molecule has 1 amide bonds. The summed E-state index contributed by atoms with van der Waals surface area (Å²) in [7, 11) is 1.96. The van der Waals surface area contributed by atoms with Crippen LogP contribution in [-0.4, -0.2) is 44.9 Å². The van der Waals surface area contributed by atoms with Gasteiger partial charge in [0.25, 0.3) is 0 Å². The van der Waals surface area contributed by atoms with Gasteiger partial charge < -0.3 is 15.4 Å². The molecule has 0 heterocycles. The molecular weight excluding hydrogens is 268 g/mol. The van der Waals surface area contributed by atoms with Crippen LogP contribution in [-0.2, 0) is 9.59 Å². The Labute approximate surface area is 128 Å². The number of hydrogen-bond donors (Lipinski definition) is 4. The molecule has 0 aromatic rings. The van der Waals surface area contributed by atoms with Gasteiger partial charge in [-0.2, -0.15) is 0 Å². The van der Waals surface area contributed by atoms with E-state index in [9.17, 15) is 9.59 Å². The molecule has 6 heteroatoms. The molecule has 1 atom stereocenters. The summed E-state index contributed by atoms with van der Waals surface area (Å²) in [6, 6.07) is -0.245. The van der Waals surface area contributed by atoms with Gasteiger partial charge in [0.15, 0.2) is 0 Å². The third-order valence-electron chi connectivity index (χ3n) is 3.10. The summed E-state index contributed by atoms with van der Waals surface area (Å²) in [5.74, 6) is 0.387. The second-order valence-corrected chi connectivity index (χ2v) is 5.74. The summed E-state index contributed by atoms with van der Waals surface area (Å²) >= 11 is 0. The molecule has 0 spiro atoms. The minimum absolute atomic E-state index is 0.0491. The van der Waals surface area contributed by atoms with E-state index >= 15 is 0 Å². The Kier molecular flexibility index (Phi) is 13.3. The standard InChI is InChI=1S/C15H32N4O2/c1-13(2)10-14(12-20)19-18-11-15(21)17-9-7-5-4-6-8-16-3/h12-14,16,18-19H,4-11H2,1-3H3,(H,17,21)/t14-/m0/s1. The lowest BCUT2D eigenvalue weighted by Crippen LogP contribution is -2.47. The third-order valence-corrected chi connectivity index (χ3v) is 3.10. The van der Waals surface area contributed by atoms with E-state index in [1.807, 2.05) is 7.05 Å². The zero-order valence-electron chi connectivity index (χ0n) is 13.7. The molecule has 0 bridgehead atoms. The maximum atomic E-state index is 11.6. The van der Waals surface area contributed by atoms with Crippen molar-refractivity contribution in [3.05, 3.63) is 0 Å². The summed E-state index contributed by atoms with van der Waals surface area (Å²) in [5, 5.41) is 5.98. The summed E-state index contributed by atoms with van der Waals surface area (Å²) < 4.78 is 0. The Morgan fingerprint density at radius 3 is 2.33 bits per heavy atom. The zero-order valence-corrected chi connectivity index (χ0v) is 13.7. The van der Waals surface area contributed by atoms with E-state index in [4.69, 9.17) is 0 Å². The molecule has 0 aromatic heterocycles. The lowest BCUT2D eigenvalue weighted by Gasteiger charge is -2.15. The van der Waals surface area contributed by atoms with E-state index in [0.29, 0.717) is 12.5 Å². The monoisotopic (exact) mass is 300 g/mol. The minimum Gasteiger partial charge on any atom is -0.355 e. The molecule has 0 aliphatic heterocycles. The Morgan fingerprint density at radius 2 is 1.76 bits per heavy atom. The van der Waals surface area contributed by atoms with Gasteiger partial charge in [-0.15, -0.1) is 0 Å². The smallest absolute Gasteiger partial charge is 0.235 e. The van der Waals surface area contributed by atoms with Crippen LogP contribution in [0.4, 0.5) is 0 Å². The normalized spacial score (nSPS) is 12.4. The van der Waals surface area contributed by atoms with Gasteiger partial charge in [-0.3, -0.25) is 4.79 Å². The topological polar surface area (TPSA) is 82.3 Å². The van der Waals surface area contributed by atoms with Crippen molar-refractivity contribution in [2.75, 3.05) is 26.7 Å². The maximum absolute atomic E-state index is 11.6. The van der Waals surface area contributed by atoms with Crippen LogP contribution in [0.25, 0.3) is 0 Å². The molecule has 0 saturated heterocycles. The number of amides is 1. The first kappa shape index (κ1) is 20.0. The van der Waals surface area contributed by atoms with Crippen LogP contribution in [0.3, 0.4) is 0 Å². The highest BCUT2D eigenvalue weighted by Crippen LogP contribution is 2.01. The predicted octanol–water partition coefficient (Wildman–Crippen LogP) is 0.590. The zero-order chi connectivity index (χ0) is 15.9. The van der Waals surface area contributed by atoms with Crippen LogP contribution in [0, 0.1) is 5.92 Å². The van der Waals surface area contributed by atoms with Gasteiger partial charge in [0, 0.05) is 6.54 Å². The Hall–Kier alpha value is -0.980. The summed E-state index contributed by atoms with van der Waals surface area (Å²) in [4.78, 5) is 22.4. The molecule has 0 aliphatic rings. The first-order chi connectivity index (χ1) is 10.1. The Balaban J connectivity index is 3.47. The molecule has 0 unspecified atom stereocenters. The summed E-state index contributed by atoms with van der Waals surface area (Å²) in [6.07, 6.45) is 6.13. The van der Waals surface area contributed by atoms with E-state index in [1.54, 1.807) is 0 Å². The number of carbonyl (C=O) groups excluding carboxylic acids is 2. The lowest BCUT2D eigenvalue weighted by molar-refractivity contribution is -0.120. The van der Waals surface area contributed by atoms with Crippen molar-refractivity contribution >= 4 is 12.2 Å². The first-order valence-corrected chi connectivity index (χ1v) is 7.95. The third kappa shape index (κ3) is 13.7. The lowest BCUT2D eigenvalue weighted by atomic mass is 10.1. The minimum atomic E-state index is -0.245. The first-order valence-electron chi connectivity index (χ1n) is 7.95. The highest BCUT2D eigenvalue weighted by atomic mass is 16.2. The molecule has 4 N–H and O–H groups in total. The fourth-order valence-corrected chi connectivity index (χ4v) is 1.99. The second kappa shape index (κ2) is 14.0.